The Balaban J connectivity index is 2.28. The lowest BCUT2D eigenvalue weighted by atomic mass is 10.2. The van der Waals surface area contributed by atoms with Crippen molar-refractivity contribution in [3.63, 3.8) is 0 Å². The van der Waals surface area contributed by atoms with Crippen molar-refractivity contribution in [1.29, 1.82) is 0 Å². The molecule has 0 bridgehead atoms. The molecule has 0 radical (unpaired) electrons. The molecule has 2 rings (SSSR count). The van der Waals surface area contributed by atoms with E-state index >= 15 is 0 Å². The summed E-state index contributed by atoms with van der Waals surface area (Å²) in [6.45, 7) is 5.06. The highest BCUT2D eigenvalue weighted by molar-refractivity contribution is 5.83. The smallest absolute Gasteiger partial charge is 0.239 e. The minimum atomic E-state index is 0.0561. The van der Waals surface area contributed by atoms with E-state index in [0.717, 1.165) is 5.52 Å². The van der Waals surface area contributed by atoms with Crippen molar-refractivity contribution >= 4 is 16.8 Å². The zero-order valence-corrected chi connectivity index (χ0v) is 9.66. The number of aryl methyl sites for hydroxylation is 1. The average Bonchev–Trinajstić information content (AvgIpc) is 2.61. The van der Waals surface area contributed by atoms with Crippen LogP contribution in [0.2, 0.25) is 0 Å². The molecule has 0 saturated carbocycles. The summed E-state index contributed by atoms with van der Waals surface area (Å²) in [5.41, 5.74) is 2.35. The van der Waals surface area contributed by atoms with Crippen LogP contribution >= 0.6 is 0 Å². The van der Waals surface area contributed by atoms with Crippen molar-refractivity contribution in [3.05, 3.63) is 36.0 Å². The number of fused-ring (bicyclic) bond motifs is 1. The zero-order valence-electron chi connectivity index (χ0n) is 9.66. The Morgan fingerprint density at radius 2 is 2.19 bits per heavy atom. The van der Waals surface area contributed by atoms with Gasteiger partial charge in [-0.05, 0) is 37.4 Å². The number of hydrogen-bond donors (Lipinski definition) is 1. The van der Waals surface area contributed by atoms with Crippen LogP contribution < -0.4 is 5.32 Å². The first-order valence-corrected chi connectivity index (χ1v) is 5.53. The van der Waals surface area contributed by atoms with Crippen molar-refractivity contribution in [3.8, 4) is 0 Å². The molecule has 0 aliphatic carbocycles. The van der Waals surface area contributed by atoms with Crippen molar-refractivity contribution in [1.82, 2.24) is 9.88 Å². The third-order valence-electron chi connectivity index (χ3n) is 2.61. The number of carbonyl (C=O) groups excluding carboxylic acids is 1. The number of amides is 1. The Bertz CT molecular complexity index is 514. The van der Waals surface area contributed by atoms with Crippen LogP contribution in [0.25, 0.3) is 10.9 Å². The maximum Gasteiger partial charge on any atom is 0.239 e. The molecule has 84 valence electrons. The first kappa shape index (κ1) is 10.7. The number of rotatable bonds is 3. The average molecular weight is 216 g/mol. The Morgan fingerprint density at radius 1 is 1.38 bits per heavy atom. The predicted molar refractivity (Wildman–Crippen MR) is 65.4 cm³/mol. The Kier molecular flexibility index (Phi) is 2.95. The lowest BCUT2D eigenvalue weighted by Gasteiger charge is -2.05. The third kappa shape index (κ3) is 2.08. The van der Waals surface area contributed by atoms with Gasteiger partial charge in [0, 0.05) is 18.3 Å². The zero-order chi connectivity index (χ0) is 11.5. The Hall–Kier alpha value is -1.77. The van der Waals surface area contributed by atoms with Crippen molar-refractivity contribution < 1.29 is 4.79 Å². The molecule has 1 heterocycles. The molecule has 0 aliphatic rings. The molecule has 1 amide bonds. The summed E-state index contributed by atoms with van der Waals surface area (Å²) in [6, 6.07) is 8.30. The summed E-state index contributed by atoms with van der Waals surface area (Å²) in [5, 5.41) is 3.98. The molecule has 2 aromatic rings. The van der Waals surface area contributed by atoms with Gasteiger partial charge in [0.2, 0.25) is 5.91 Å². The molecule has 3 nitrogen and oxygen atoms in total. The first-order chi connectivity index (χ1) is 7.70. The highest BCUT2D eigenvalue weighted by Crippen LogP contribution is 2.17. The van der Waals surface area contributed by atoms with Crippen LogP contribution in [0.4, 0.5) is 0 Å². The lowest BCUT2D eigenvalue weighted by Crippen LogP contribution is -2.26. The fourth-order valence-corrected chi connectivity index (χ4v) is 1.87. The minimum absolute atomic E-state index is 0.0561. The lowest BCUT2D eigenvalue weighted by molar-refractivity contribution is -0.121. The summed E-state index contributed by atoms with van der Waals surface area (Å²) >= 11 is 0. The van der Waals surface area contributed by atoms with E-state index in [0.29, 0.717) is 13.1 Å². The summed E-state index contributed by atoms with van der Waals surface area (Å²) < 4.78 is 1.97. The highest BCUT2D eigenvalue weighted by Gasteiger charge is 2.04. The predicted octanol–water partition coefficient (Wildman–Crippen LogP) is 2.09. The number of aromatic nitrogens is 1. The number of carbonyl (C=O) groups is 1. The van der Waals surface area contributed by atoms with Gasteiger partial charge in [-0.2, -0.15) is 0 Å². The molecule has 3 heteroatoms. The molecular formula is C13H16N2O. The van der Waals surface area contributed by atoms with Gasteiger partial charge in [-0.3, -0.25) is 4.79 Å². The van der Waals surface area contributed by atoms with Crippen LogP contribution in [0.3, 0.4) is 0 Å². The van der Waals surface area contributed by atoms with Crippen LogP contribution in [0, 0.1) is 6.92 Å². The van der Waals surface area contributed by atoms with E-state index in [2.05, 4.69) is 30.4 Å². The molecule has 0 atom stereocenters. The van der Waals surface area contributed by atoms with E-state index in [9.17, 15) is 4.79 Å². The molecule has 0 unspecified atom stereocenters. The van der Waals surface area contributed by atoms with E-state index in [-0.39, 0.29) is 5.91 Å². The van der Waals surface area contributed by atoms with Gasteiger partial charge in [0.15, 0.2) is 0 Å². The normalized spacial score (nSPS) is 10.6. The summed E-state index contributed by atoms with van der Waals surface area (Å²) in [6.07, 6.45) is 1.96. The van der Waals surface area contributed by atoms with Gasteiger partial charge in [-0.1, -0.05) is 11.6 Å². The van der Waals surface area contributed by atoms with E-state index in [1.165, 1.54) is 10.9 Å². The van der Waals surface area contributed by atoms with Gasteiger partial charge in [-0.25, -0.2) is 0 Å². The molecule has 16 heavy (non-hydrogen) atoms. The van der Waals surface area contributed by atoms with E-state index in [4.69, 9.17) is 0 Å². The standard InChI is InChI=1S/C13H16N2O/c1-3-14-13(16)9-15-7-6-11-8-10(2)4-5-12(11)15/h4-8H,3,9H2,1-2H3,(H,14,16). The fourth-order valence-electron chi connectivity index (χ4n) is 1.87. The van der Waals surface area contributed by atoms with Gasteiger partial charge >= 0.3 is 0 Å². The summed E-state index contributed by atoms with van der Waals surface area (Å²) in [5.74, 6) is 0.0561. The van der Waals surface area contributed by atoms with Gasteiger partial charge < -0.3 is 9.88 Å². The number of likely N-dealkylation sites (N-methyl/N-ethyl adjacent to an activating group) is 1. The number of benzene rings is 1. The highest BCUT2D eigenvalue weighted by atomic mass is 16.1. The Morgan fingerprint density at radius 3 is 2.94 bits per heavy atom. The van der Waals surface area contributed by atoms with Crippen molar-refractivity contribution in [2.75, 3.05) is 6.54 Å². The van der Waals surface area contributed by atoms with E-state index < -0.39 is 0 Å². The molecule has 1 aromatic carbocycles. The summed E-state index contributed by atoms with van der Waals surface area (Å²) in [7, 11) is 0. The van der Waals surface area contributed by atoms with Crippen molar-refractivity contribution in [2.24, 2.45) is 0 Å². The van der Waals surface area contributed by atoms with E-state index in [1.807, 2.05) is 23.8 Å². The van der Waals surface area contributed by atoms with Crippen LogP contribution in [-0.2, 0) is 11.3 Å². The van der Waals surface area contributed by atoms with Crippen molar-refractivity contribution in [2.45, 2.75) is 20.4 Å². The summed E-state index contributed by atoms with van der Waals surface area (Å²) in [4.78, 5) is 11.5. The molecule has 0 saturated heterocycles. The maximum atomic E-state index is 11.5. The molecule has 0 fully saturated rings. The number of hydrogen-bond acceptors (Lipinski definition) is 1. The van der Waals surface area contributed by atoms with Gasteiger partial charge in [0.1, 0.15) is 6.54 Å². The number of nitrogens with one attached hydrogen (secondary N) is 1. The molecule has 1 aromatic heterocycles. The van der Waals surface area contributed by atoms with Gasteiger partial charge in [-0.15, -0.1) is 0 Å². The number of nitrogens with zero attached hydrogens (tertiary/aromatic N) is 1. The largest absolute Gasteiger partial charge is 0.355 e. The van der Waals surface area contributed by atoms with Gasteiger partial charge in [0.05, 0.1) is 0 Å². The molecule has 0 aliphatic heterocycles. The maximum absolute atomic E-state index is 11.5. The van der Waals surface area contributed by atoms with Gasteiger partial charge in [0.25, 0.3) is 0 Å². The molecule has 0 spiro atoms. The van der Waals surface area contributed by atoms with Crippen LogP contribution in [0.5, 0.6) is 0 Å². The Labute approximate surface area is 95.1 Å². The fraction of sp³-hybridized carbons (Fsp3) is 0.308. The molecule has 1 N–H and O–H groups in total. The third-order valence-corrected chi connectivity index (χ3v) is 2.61. The second kappa shape index (κ2) is 4.39. The van der Waals surface area contributed by atoms with Crippen LogP contribution in [0.1, 0.15) is 12.5 Å². The SMILES string of the molecule is CCNC(=O)Cn1ccc2cc(C)ccc21. The van der Waals surface area contributed by atoms with E-state index in [1.54, 1.807) is 0 Å². The monoisotopic (exact) mass is 216 g/mol. The second-order valence-electron chi connectivity index (χ2n) is 3.96. The van der Waals surface area contributed by atoms with Crippen LogP contribution in [0.15, 0.2) is 30.5 Å². The molecular weight excluding hydrogens is 200 g/mol. The quantitative estimate of drug-likeness (QED) is 0.837. The van der Waals surface area contributed by atoms with Crippen LogP contribution in [-0.4, -0.2) is 17.0 Å². The first-order valence-electron chi connectivity index (χ1n) is 5.53. The second-order valence-corrected chi connectivity index (χ2v) is 3.96. The topological polar surface area (TPSA) is 34.0 Å². The minimum Gasteiger partial charge on any atom is -0.355 e.